The van der Waals surface area contributed by atoms with E-state index in [2.05, 4.69) is 23.7 Å². The quantitative estimate of drug-likeness (QED) is 0.895. The zero-order valence-corrected chi connectivity index (χ0v) is 13.2. The summed E-state index contributed by atoms with van der Waals surface area (Å²) in [5.41, 5.74) is 6.09. The lowest BCUT2D eigenvalue weighted by Crippen LogP contribution is -2.46. The molecule has 2 rings (SSSR count). The first-order chi connectivity index (χ1) is 9.69. The second kappa shape index (κ2) is 7.15. The Kier molecular flexibility index (Phi) is 5.51. The van der Waals surface area contributed by atoms with Crippen LogP contribution >= 0.6 is 11.3 Å². The van der Waals surface area contributed by atoms with E-state index in [9.17, 15) is 4.79 Å². The number of nitrogens with two attached hydrogens (primary N) is 1. The molecule has 0 spiro atoms. The van der Waals surface area contributed by atoms with Crippen molar-refractivity contribution in [2.24, 2.45) is 5.73 Å². The number of amides is 1. The van der Waals surface area contributed by atoms with Gasteiger partial charge >= 0.3 is 0 Å². The van der Waals surface area contributed by atoms with Gasteiger partial charge in [0.2, 0.25) is 0 Å². The zero-order chi connectivity index (χ0) is 14.5. The normalized spacial score (nSPS) is 16.9. The van der Waals surface area contributed by atoms with E-state index >= 15 is 0 Å². The third kappa shape index (κ3) is 3.37. The third-order valence-corrected chi connectivity index (χ3v) is 4.90. The van der Waals surface area contributed by atoms with Crippen molar-refractivity contribution in [2.45, 2.75) is 39.3 Å². The molecule has 1 aliphatic rings. The molecule has 2 heterocycles. The number of nitrogens with zero attached hydrogens (tertiary/aromatic N) is 3. The third-order valence-electron chi connectivity index (χ3n) is 4.03. The molecule has 1 aromatic rings. The summed E-state index contributed by atoms with van der Waals surface area (Å²) >= 11 is 1.46. The fraction of sp³-hybridized carbons (Fsp3) is 0.714. The average Bonchev–Trinajstić information content (AvgIpc) is 2.97. The molecule has 0 unspecified atom stereocenters. The van der Waals surface area contributed by atoms with Crippen LogP contribution in [-0.2, 0) is 6.54 Å². The van der Waals surface area contributed by atoms with Crippen molar-refractivity contribution in [2.75, 3.05) is 26.2 Å². The van der Waals surface area contributed by atoms with Crippen molar-refractivity contribution in [3.8, 4) is 0 Å². The maximum absolute atomic E-state index is 12.4. The molecule has 0 bridgehead atoms. The van der Waals surface area contributed by atoms with E-state index < -0.39 is 0 Å². The monoisotopic (exact) mass is 296 g/mol. The molecule has 1 saturated heterocycles. The number of aromatic nitrogens is 1. The van der Waals surface area contributed by atoms with Crippen LogP contribution in [0.4, 0.5) is 0 Å². The lowest BCUT2D eigenvalue weighted by Gasteiger charge is -2.37. The summed E-state index contributed by atoms with van der Waals surface area (Å²) in [5.74, 6) is 0.0546. The van der Waals surface area contributed by atoms with Crippen LogP contribution in [0.25, 0.3) is 0 Å². The van der Waals surface area contributed by atoms with Gasteiger partial charge in [-0.3, -0.25) is 4.79 Å². The van der Waals surface area contributed by atoms with Crippen LogP contribution in [-0.4, -0.2) is 52.9 Å². The van der Waals surface area contributed by atoms with E-state index in [-0.39, 0.29) is 5.91 Å². The molecule has 20 heavy (non-hydrogen) atoms. The van der Waals surface area contributed by atoms with Gasteiger partial charge in [0.15, 0.2) is 0 Å². The van der Waals surface area contributed by atoms with Gasteiger partial charge in [-0.25, -0.2) is 4.98 Å². The lowest BCUT2D eigenvalue weighted by atomic mass is 10.0. The van der Waals surface area contributed by atoms with E-state index in [0.717, 1.165) is 44.0 Å². The van der Waals surface area contributed by atoms with Crippen molar-refractivity contribution in [1.82, 2.24) is 14.8 Å². The molecule has 1 aromatic heterocycles. The Hall–Kier alpha value is -0.980. The Morgan fingerprint density at radius 3 is 2.60 bits per heavy atom. The van der Waals surface area contributed by atoms with E-state index in [1.165, 1.54) is 11.3 Å². The standard InChI is InChI=1S/C14H24N4OS/c1-3-17(4-2)11-5-7-18(8-6-11)14(19)12-10-20-13(9-15)16-12/h10-11H,3-9,15H2,1-2H3. The van der Waals surface area contributed by atoms with Crippen molar-refractivity contribution in [3.05, 3.63) is 16.1 Å². The van der Waals surface area contributed by atoms with Crippen LogP contribution in [0.15, 0.2) is 5.38 Å². The van der Waals surface area contributed by atoms with Gasteiger partial charge in [-0.05, 0) is 25.9 Å². The largest absolute Gasteiger partial charge is 0.337 e. The number of hydrogen-bond acceptors (Lipinski definition) is 5. The van der Waals surface area contributed by atoms with Gasteiger partial charge < -0.3 is 15.5 Å². The molecule has 0 radical (unpaired) electrons. The van der Waals surface area contributed by atoms with Gasteiger partial charge in [-0.15, -0.1) is 11.3 Å². The van der Waals surface area contributed by atoms with E-state index in [1.807, 2.05) is 10.3 Å². The smallest absolute Gasteiger partial charge is 0.273 e. The first-order valence-corrected chi connectivity index (χ1v) is 8.25. The average molecular weight is 296 g/mol. The van der Waals surface area contributed by atoms with E-state index in [4.69, 9.17) is 5.73 Å². The maximum atomic E-state index is 12.4. The maximum Gasteiger partial charge on any atom is 0.273 e. The van der Waals surface area contributed by atoms with Crippen LogP contribution in [0.2, 0.25) is 0 Å². The van der Waals surface area contributed by atoms with Crippen LogP contribution in [0, 0.1) is 0 Å². The Morgan fingerprint density at radius 1 is 1.45 bits per heavy atom. The molecule has 1 fully saturated rings. The summed E-state index contributed by atoms with van der Waals surface area (Å²) in [4.78, 5) is 21.1. The number of rotatable bonds is 5. The van der Waals surface area contributed by atoms with Crippen LogP contribution in [0.3, 0.4) is 0 Å². The van der Waals surface area contributed by atoms with Gasteiger partial charge in [-0.1, -0.05) is 13.8 Å². The highest BCUT2D eigenvalue weighted by molar-refractivity contribution is 7.09. The van der Waals surface area contributed by atoms with Gasteiger partial charge in [0.1, 0.15) is 10.7 Å². The Morgan fingerprint density at radius 2 is 2.10 bits per heavy atom. The van der Waals surface area contributed by atoms with E-state index in [0.29, 0.717) is 18.3 Å². The van der Waals surface area contributed by atoms with Crippen molar-refractivity contribution >= 4 is 17.2 Å². The fourth-order valence-corrected chi connectivity index (χ4v) is 3.49. The number of likely N-dealkylation sites (tertiary alicyclic amines) is 1. The summed E-state index contributed by atoms with van der Waals surface area (Å²) in [6, 6.07) is 0.615. The summed E-state index contributed by atoms with van der Waals surface area (Å²) < 4.78 is 0. The molecule has 1 amide bonds. The molecule has 0 saturated carbocycles. The predicted molar refractivity (Wildman–Crippen MR) is 81.9 cm³/mol. The molecule has 6 heteroatoms. The van der Waals surface area contributed by atoms with Crippen molar-refractivity contribution in [3.63, 3.8) is 0 Å². The summed E-state index contributed by atoms with van der Waals surface area (Å²) in [6.45, 7) is 8.63. The van der Waals surface area contributed by atoms with Crippen LogP contribution in [0.1, 0.15) is 42.2 Å². The number of carbonyl (C=O) groups excluding carboxylic acids is 1. The summed E-state index contributed by atoms with van der Waals surface area (Å²) in [7, 11) is 0. The second-order valence-corrected chi connectivity index (χ2v) is 6.02. The highest BCUT2D eigenvalue weighted by Crippen LogP contribution is 2.19. The van der Waals surface area contributed by atoms with Gasteiger partial charge in [0, 0.05) is 31.1 Å². The summed E-state index contributed by atoms with van der Waals surface area (Å²) in [6.07, 6.45) is 2.11. The van der Waals surface area contributed by atoms with Gasteiger partial charge in [0.25, 0.3) is 5.91 Å². The van der Waals surface area contributed by atoms with Crippen molar-refractivity contribution < 1.29 is 4.79 Å². The van der Waals surface area contributed by atoms with Crippen molar-refractivity contribution in [1.29, 1.82) is 0 Å². The molecular formula is C14H24N4OS. The molecule has 1 aliphatic heterocycles. The Bertz CT molecular complexity index is 436. The molecule has 5 nitrogen and oxygen atoms in total. The Labute approximate surface area is 124 Å². The lowest BCUT2D eigenvalue weighted by molar-refractivity contribution is 0.0626. The zero-order valence-electron chi connectivity index (χ0n) is 12.3. The molecule has 2 N–H and O–H groups in total. The number of hydrogen-bond donors (Lipinski definition) is 1. The molecule has 0 atom stereocenters. The van der Waals surface area contributed by atoms with Gasteiger partial charge in [0.05, 0.1) is 0 Å². The minimum atomic E-state index is 0.0546. The second-order valence-electron chi connectivity index (χ2n) is 5.08. The molecule has 0 aliphatic carbocycles. The minimum absolute atomic E-state index is 0.0546. The predicted octanol–water partition coefficient (Wildman–Crippen LogP) is 1.55. The minimum Gasteiger partial charge on any atom is -0.337 e. The number of carbonyl (C=O) groups is 1. The Balaban J connectivity index is 1.91. The molecule has 112 valence electrons. The molecule has 0 aromatic carbocycles. The highest BCUT2D eigenvalue weighted by Gasteiger charge is 2.27. The van der Waals surface area contributed by atoms with E-state index in [1.54, 1.807) is 0 Å². The summed E-state index contributed by atoms with van der Waals surface area (Å²) in [5, 5.41) is 2.65. The van der Waals surface area contributed by atoms with Crippen LogP contribution in [0.5, 0.6) is 0 Å². The first kappa shape index (κ1) is 15.4. The number of thiazole rings is 1. The van der Waals surface area contributed by atoms with Gasteiger partial charge in [-0.2, -0.15) is 0 Å². The number of piperidine rings is 1. The fourth-order valence-electron chi connectivity index (χ4n) is 2.84. The highest BCUT2D eigenvalue weighted by atomic mass is 32.1. The molecular weight excluding hydrogens is 272 g/mol. The van der Waals surface area contributed by atoms with Crippen LogP contribution < -0.4 is 5.73 Å². The topological polar surface area (TPSA) is 62.5 Å². The SMILES string of the molecule is CCN(CC)C1CCN(C(=O)c2csc(CN)n2)CC1. The first-order valence-electron chi connectivity index (χ1n) is 7.37.